The number of anilines is 2. The predicted octanol–water partition coefficient (Wildman–Crippen LogP) is 3.62. The normalized spacial score (nSPS) is 10.0. The first-order chi connectivity index (χ1) is 7.27. The molecule has 0 unspecified atom stereocenters. The van der Waals surface area contributed by atoms with E-state index < -0.39 is 5.82 Å². The van der Waals surface area contributed by atoms with E-state index >= 15 is 0 Å². The number of hydrogen-bond acceptors (Lipinski definition) is 2. The molecule has 0 atom stereocenters. The van der Waals surface area contributed by atoms with Gasteiger partial charge in [-0.25, -0.2) is 9.37 Å². The summed E-state index contributed by atoms with van der Waals surface area (Å²) >= 11 is 5.78. The molecule has 15 heavy (non-hydrogen) atoms. The van der Waals surface area contributed by atoms with Crippen LogP contribution in [0, 0.1) is 5.82 Å². The van der Waals surface area contributed by atoms with Crippen LogP contribution in [-0.4, -0.2) is 4.98 Å². The largest absolute Gasteiger partial charge is 0.339 e. The van der Waals surface area contributed by atoms with Crippen molar-refractivity contribution in [2.24, 2.45) is 0 Å². The van der Waals surface area contributed by atoms with Crippen molar-refractivity contribution in [2.75, 3.05) is 5.32 Å². The lowest BCUT2D eigenvalue weighted by molar-refractivity contribution is 0.629. The topological polar surface area (TPSA) is 24.9 Å². The molecule has 4 heteroatoms. The molecule has 1 heterocycles. The van der Waals surface area contributed by atoms with Gasteiger partial charge in [0.25, 0.3) is 0 Å². The Morgan fingerprint density at radius 2 is 2.00 bits per heavy atom. The number of halogens is 2. The van der Waals surface area contributed by atoms with Gasteiger partial charge < -0.3 is 5.32 Å². The minimum Gasteiger partial charge on any atom is -0.339 e. The molecule has 1 N–H and O–H groups in total. The average Bonchev–Trinajstić information content (AvgIpc) is 2.26. The first kappa shape index (κ1) is 9.93. The summed E-state index contributed by atoms with van der Waals surface area (Å²) in [6.07, 6.45) is 1.65. The van der Waals surface area contributed by atoms with Crippen molar-refractivity contribution < 1.29 is 4.39 Å². The molecule has 0 aliphatic carbocycles. The molecule has 2 rings (SSSR count). The molecular formula is C11H8ClFN2. The Morgan fingerprint density at radius 1 is 1.13 bits per heavy atom. The fraction of sp³-hybridized carbons (Fsp3) is 0. The standard InChI is InChI=1S/C11H8ClFN2/c12-11-8(13)4-3-5-9(11)15-10-6-1-2-7-14-10/h1-7H,(H,14,15). The summed E-state index contributed by atoms with van der Waals surface area (Å²) in [5, 5.41) is 3.00. The van der Waals surface area contributed by atoms with E-state index in [0.717, 1.165) is 0 Å². The molecule has 0 aliphatic heterocycles. The van der Waals surface area contributed by atoms with Crippen molar-refractivity contribution in [3.8, 4) is 0 Å². The number of pyridine rings is 1. The molecule has 0 radical (unpaired) electrons. The summed E-state index contributed by atoms with van der Waals surface area (Å²) in [6, 6.07) is 10.0. The molecular weight excluding hydrogens is 215 g/mol. The lowest BCUT2D eigenvalue weighted by atomic mass is 10.3. The Bertz CT molecular complexity index is 459. The van der Waals surface area contributed by atoms with Gasteiger partial charge in [-0.05, 0) is 24.3 Å². The third-order valence-corrected chi connectivity index (χ3v) is 2.26. The zero-order valence-corrected chi connectivity index (χ0v) is 8.50. The predicted molar refractivity (Wildman–Crippen MR) is 58.9 cm³/mol. The van der Waals surface area contributed by atoms with Crippen molar-refractivity contribution in [1.82, 2.24) is 4.98 Å². The van der Waals surface area contributed by atoms with E-state index in [1.807, 2.05) is 6.07 Å². The first-order valence-corrected chi connectivity index (χ1v) is 4.77. The third-order valence-electron chi connectivity index (χ3n) is 1.88. The second-order valence-electron chi connectivity index (χ2n) is 2.94. The molecule has 76 valence electrons. The molecule has 0 bridgehead atoms. The molecule has 0 amide bonds. The first-order valence-electron chi connectivity index (χ1n) is 4.39. The highest BCUT2D eigenvalue weighted by atomic mass is 35.5. The van der Waals surface area contributed by atoms with Gasteiger partial charge >= 0.3 is 0 Å². The van der Waals surface area contributed by atoms with Gasteiger partial charge in [-0.3, -0.25) is 0 Å². The highest BCUT2D eigenvalue weighted by molar-refractivity contribution is 6.33. The van der Waals surface area contributed by atoms with Crippen LogP contribution < -0.4 is 5.32 Å². The maximum atomic E-state index is 13.1. The van der Waals surface area contributed by atoms with Crippen LogP contribution in [0.3, 0.4) is 0 Å². The van der Waals surface area contributed by atoms with Crippen LogP contribution in [0.4, 0.5) is 15.9 Å². The zero-order chi connectivity index (χ0) is 10.7. The molecule has 0 spiro atoms. The monoisotopic (exact) mass is 222 g/mol. The van der Waals surface area contributed by atoms with Gasteiger partial charge in [0, 0.05) is 6.20 Å². The lowest BCUT2D eigenvalue weighted by Gasteiger charge is -2.07. The second kappa shape index (κ2) is 4.28. The van der Waals surface area contributed by atoms with E-state index in [0.29, 0.717) is 11.5 Å². The van der Waals surface area contributed by atoms with Crippen LogP contribution in [0.1, 0.15) is 0 Å². The summed E-state index contributed by atoms with van der Waals surface area (Å²) < 4.78 is 13.1. The third kappa shape index (κ3) is 2.25. The quantitative estimate of drug-likeness (QED) is 0.840. The number of nitrogens with one attached hydrogen (secondary N) is 1. The van der Waals surface area contributed by atoms with Gasteiger partial charge in [0.1, 0.15) is 11.6 Å². The van der Waals surface area contributed by atoms with Crippen molar-refractivity contribution in [1.29, 1.82) is 0 Å². The summed E-state index contributed by atoms with van der Waals surface area (Å²) in [4.78, 5) is 4.05. The highest BCUT2D eigenvalue weighted by Gasteiger charge is 2.05. The van der Waals surface area contributed by atoms with E-state index in [9.17, 15) is 4.39 Å². The summed E-state index contributed by atoms with van der Waals surface area (Å²) in [5.41, 5.74) is 0.510. The van der Waals surface area contributed by atoms with Gasteiger partial charge in [0.2, 0.25) is 0 Å². The van der Waals surface area contributed by atoms with Gasteiger partial charge in [0.15, 0.2) is 0 Å². The van der Waals surface area contributed by atoms with E-state index in [4.69, 9.17) is 11.6 Å². The van der Waals surface area contributed by atoms with E-state index in [-0.39, 0.29) is 5.02 Å². The summed E-state index contributed by atoms with van der Waals surface area (Å²) in [7, 11) is 0. The van der Waals surface area contributed by atoms with Crippen molar-refractivity contribution in [2.45, 2.75) is 0 Å². The van der Waals surface area contributed by atoms with Crippen LogP contribution in [0.15, 0.2) is 42.6 Å². The van der Waals surface area contributed by atoms with Gasteiger partial charge in [0.05, 0.1) is 10.7 Å². The molecule has 2 aromatic rings. The van der Waals surface area contributed by atoms with Crippen molar-refractivity contribution in [3.05, 3.63) is 53.4 Å². The van der Waals surface area contributed by atoms with E-state index in [1.54, 1.807) is 30.5 Å². The summed E-state index contributed by atoms with van der Waals surface area (Å²) in [6.45, 7) is 0. The van der Waals surface area contributed by atoms with Crippen LogP contribution in [-0.2, 0) is 0 Å². The van der Waals surface area contributed by atoms with Gasteiger partial charge in [-0.1, -0.05) is 23.7 Å². The second-order valence-corrected chi connectivity index (χ2v) is 3.32. The fourth-order valence-corrected chi connectivity index (χ4v) is 1.35. The number of rotatable bonds is 2. The minimum atomic E-state index is -0.447. The molecule has 0 aliphatic rings. The van der Waals surface area contributed by atoms with Gasteiger partial charge in [-0.15, -0.1) is 0 Å². The van der Waals surface area contributed by atoms with Crippen LogP contribution in [0.2, 0.25) is 5.02 Å². The maximum Gasteiger partial charge on any atom is 0.143 e. The number of nitrogens with zero attached hydrogens (tertiary/aromatic N) is 1. The number of benzene rings is 1. The Labute approximate surface area is 91.7 Å². The van der Waals surface area contributed by atoms with Crippen molar-refractivity contribution in [3.63, 3.8) is 0 Å². The van der Waals surface area contributed by atoms with E-state index in [1.165, 1.54) is 6.07 Å². The summed E-state index contributed by atoms with van der Waals surface area (Å²) in [5.74, 6) is 0.183. The van der Waals surface area contributed by atoms with Gasteiger partial charge in [-0.2, -0.15) is 0 Å². The minimum absolute atomic E-state index is 0.0724. The SMILES string of the molecule is Fc1cccc(Nc2ccccn2)c1Cl. The van der Waals surface area contributed by atoms with Crippen LogP contribution in [0.5, 0.6) is 0 Å². The zero-order valence-electron chi connectivity index (χ0n) is 7.74. The van der Waals surface area contributed by atoms with Crippen LogP contribution >= 0.6 is 11.6 Å². The van der Waals surface area contributed by atoms with Crippen LogP contribution in [0.25, 0.3) is 0 Å². The number of hydrogen-bond donors (Lipinski definition) is 1. The Morgan fingerprint density at radius 3 is 2.73 bits per heavy atom. The molecule has 0 fully saturated rings. The smallest absolute Gasteiger partial charge is 0.143 e. The molecule has 1 aromatic heterocycles. The van der Waals surface area contributed by atoms with Crippen molar-refractivity contribution >= 4 is 23.1 Å². The molecule has 0 saturated carbocycles. The Kier molecular flexibility index (Phi) is 2.83. The Hall–Kier alpha value is -1.61. The average molecular weight is 223 g/mol. The Balaban J connectivity index is 2.29. The van der Waals surface area contributed by atoms with E-state index in [2.05, 4.69) is 10.3 Å². The molecule has 1 aromatic carbocycles. The highest BCUT2D eigenvalue weighted by Crippen LogP contribution is 2.26. The molecule has 0 saturated heterocycles. The number of aromatic nitrogens is 1. The fourth-order valence-electron chi connectivity index (χ4n) is 1.18. The lowest BCUT2D eigenvalue weighted by Crippen LogP contribution is -1.94. The maximum absolute atomic E-state index is 13.1. The molecule has 2 nitrogen and oxygen atoms in total.